The van der Waals surface area contributed by atoms with Gasteiger partial charge >= 0.3 is 0 Å². The van der Waals surface area contributed by atoms with Crippen LogP contribution in [-0.4, -0.2) is 88.8 Å². The molecule has 35 heavy (non-hydrogen) atoms. The highest BCUT2D eigenvalue weighted by atomic mass is 19.1. The van der Waals surface area contributed by atoms with E-state index in [9.17, 15) is 4.39 Å². The zero-order valence-electron chi connectivity index (χ0n) is 19.8. The highest BCUT2D eigenvalue weighted by Gasteiger charge is 2.24. The summed E-state index contributed by atoms with van der Waals surface area (Å²) in [7, 11) is 2.14. The summed E-state index contributed by atoms with van der Waals surface area (Å²) < 4.78 is 21.7. The summed E-state index contributed by atoms with van der Waals surface area (Å²) in [4.78, 5) is 18.8. The van der Waals surface area contributed by atoms with Crippen LogP contribution in [0.3, 0.4) is 0 Å². The first-order chi connectivity index (χ1) is 17.2. The van der Waals surface area contributed by atoms with Gasteiger partial charge in [-0.05, 0) is 31.3 Å². The summed E-state index contributed by atoms with van der Waals surface area (Å²) in [5, 5.41) is 4.79. The lowest BCUT2D eigenvalue weighted by molar-refractivity contribution is 0.249. The Morgan fingerprint density at radius 3 is 2.43 bits per heavy atom. The maximum Gasteiger partial charge on any atom is 0.228 e. The van der Waals surface area contributed by atoms with Crippen LogP contribution in [0, 0.1) is 5.82 Å². The van der Waals surface area contributed by atoms with Crippen LogP contribution < -0.4 is 9.80 Å². The largest absolute Gasteiger partial charge is 0.461 e. The smallest absolute Gasteiger partial charge is 0.228 e. The van der Waals surface area contributed by atoms with Gasteiger partial charge < -0.3 is 19.1 Å². The van der Waals surface area contributed by atoms with Crippen molar-refractivity contribution in [3.05, 3.63) is 60.2 Å². The number of piperazine rings is 2. The Bertz CT molecular complexity index is 1290. The number of benzene rings is 1. The van der Waals surface area contributed by atoms with Crippen LogP contribution in [0.1, 0.15) is 5.56 Å². The fraction of sp³-hybridized carbons (Fsp3) is 0.400. The van der Waals surface area contributed by atoms with Crippen molar-refractivity contribution in [3.8, 4) is 11.6 Å². The van der Waals surface area contributed by atoms with E-state index in [1.807, 2.05) is 35.0 Å². The van der Waals surface area contributed by atoms with Crippen LogP contribution in [0.25, 0.3) is 17.2 Å². The van der Waals surface area contributed by atoms with Gasteiger partial charge in [0, 0.05) is 70.7 Å². The molecular formula is C25H29FN8O. The molecule has 0 aliphatic carbocycles. The molecule has 0 N–H and O–H groups in total. The number of fused-ring (bicyclic) bond motifs is 1. The van der Waals surface area contributed by atoms with E-state index in [2.05, 4.69) is 26.6 Å². The average molecular weight is 477 g/mol. The van der Waals surface area contributed by atoms with Crippen LogP contribution >= 0.6 is 0 Å². The molecule has 2 aliphatic heterocycles. The van der Waals surface area contributed by atoms with Gasteiger partial charge in [-0.3, -0.25) is 4.90 Å². The Balaban J connectivity index is 1.26. The molecule has 0 saturated carbocycles. The zero-order chi connectivity index (χ0) is 23.8. The van der Waals surface area contributed by atoms with Crippen LogP contribution in [-0.2, 0) is 6.54 Å². The molecular weight excluding hydrogens is 447 g/mol. The minimum Gasteiger partial charge on any atom is -0.461 e. The number of anilines is 2. The van der Waals surface area contributed by atoms with E-state index in [1.54, 1.807) is 12.3 Å². The molecule has 4 aromatic rings. The molecule has 1 aromatic carbocycles. The second kappa shape index (κ2) is 9.27. The molecule has 0 unspecified atom stereocenters. The number of hydrogen-bond donors (Lipinski definition) is 0. The molecule has 9 nitrogen and oxygen atoms in total. The predicted molar refractivity (Wildman–Crippen MR) is 132 cm³/mol. The van der Waals surface area contributed by atoms with E-state index in [0.29, 0.717) is 23.8 Å². The van der Waals surface area contributed by atoms with Crippen molar-refractivity contribution in [2.45, 2.75) is 6.54 Å². The van der Waals surface area contributed by atoms with Crippen molar-refractivity contribution in [1.29, 1.82) is 0 Å². The summed E-state index contributed by atoms with van der Waals surface area (Å²) in [6.45, 7) is 7.68. The molecule has 0 spiro atoms. The summed E-state index contributed by atoms with van der Waals surface area (Å²) in [6.07, 6.45) is 3.57. The van der Waals surface area contributed by atoms with Crippen molar-refractivity contribution < 1.29 is 8.81 Å². The van der Waals surface area contributed by atoms with E-state index in [-0.39, 0.29) is 5.82 Å². The van der Waals surface area contributed by atoms with Crippen LogP contribution in [0.4, 0.5) is 16.0 Å². The lowest BCUT2D eigenvalue weighted by Crippen LogP contribution is -2.46. The Kier molecular flexibility index (Phi) is 5.83. The maximum atomic E-state index is 14.2. The summed E-state index contributed by atoms with van der Waals surface area (Å²) in [5.74, 6) is 1.85. The van der Waals surface area contributed by atoms with E-state index in [4.69, 9.17) is 19.5 Å². The molecule has 0 amide bonds. The quantitative estimate of drug-likeness (QED) is 0.436. The van der Waals surface area contributed by atoms with Gasteiger partial charge in [-0.25, -0.2) is 14.4 Å². The molecule has 2 aliphatic rings. The predicted octanol–water partition coefficient (Wildman–Crippen LogP) is 2.60. The van der Waals surface area contributed by atoms with Crippen LogP contribution in [0.5, 0.6) is 0 Å². The first-order valence-electron chi connectivity index (χ1n) is 12.1. The summed E-state index contributed by atoms with van der Waals surface area (Å²) >= 11 is 0. The number of likely N-dealkylation sites (N-methyl/N-ethyl adjacent to an activating group) is 1. The van der Waals surface area contributed by atoms with Gasteiger partial charge in [-0.1, -0.05) is 12.1 Å². The topological polar surface area (TPSA) is 69.2 Å². The van der Waals surface area contributed by atoms with E-state index in [0.717, 1.165) is 69.5 Å². The average Bonchev–Trinajstić information content (AvgIpc) is 3.57. The summed E-state index contributed by atoms with van der Waals surface area (Å²) in [6, 6.07) is 10.7. The monoisotopic (exact) mass is 476 g/mol. The Hall–Kier alpha value is -3.50. The molecule has 2 fully saturated rings. The van der Waals surface area contributed by atoms with E-state index in [1.165, 1.54) is 6.07 Å². The number of aromatic nitrogens is 4. The minimum atomic E-state index is -0.166. The first kappa shape index (κ1) is 22.0. The first-order valence-corrected chi connectivity index (χ1v) is 12.1. The Morgan fingerprint density at radius 1 is 0.914 bits per heavy atom. The summed E-state index contributed by atoms with van der Waals surface area (Å²) in [5.41, 5.74) is 2.50. The number of furan rings is 1. The molecule has 0 atom stereocenters. The third kappa shape index (κ3) is 4.35. The second-order valence-electron chi connectivity index (χ2n) is 9.24. The van der Waals surface area contributed by atoms with Crippen LogP contribution in [0.2, 0.25) is 0 Å². The highest BCUT2D eigenvalue weighted by molar-refractivity contribution is 5.58. The molecule has 0 bridgehead atoms. The normalized spacial score (nSPS) is 18.0. The minimum absolute atomic E-state index is 0.166. The van der Waals surface area contributed by atoms with Gasteiger partial charge in [0.2, 0.25) is 11.8 Å². The van der Waals surface area contributed by atoms with Crippen molar-refractivity contribution in [2.75, 3.05) is 69.2 Å². The van der Waals surface area contributed by atoms with Crippen molar-refractivity contribution >= 4 is 17.3 Å². The fourth-order valence-corrected chi connectivity index (χ4v) is 4.85. The molecule has 6 rings (SSSR count). The number of halogens is 1. The molecule has 0 radical (unpaired) electrons. The molecule has 182 valence electrons. The van der Waals surface area contributed by atoms with Gasteiger partial charge in [0.25, 0.3) is 0 Å². The molecule has 3 aromatic heterocycles. The molecule has 5 heterocycles. The standard InChI is InChI=1S/C25H29FN8O/c1-30-8-12-33(13-9-30)25-27-17-19(24-28-23(29-34(24)25)22-7-4-16-35-22)18-31-10-14-32(15-11-31)21-6-3-2-5-20(21)26/h2-7,16-17H,8-15,18H2,1H3. The van der Waals surface area contributed by atoms with E-state index >= 15 is 0 Å². The van der Waals surface area contributed by atoms with Crippen molar-refractivity contribution in [2.24, 2.45) is 0 Å². The zero-order valence-corrected chi connectivity index (χ0v) is 19.8. The maximum absolute atomic E-state index is 14.2. The SMILES string of the molecule is CN1CCN(c2ncc(CN3CCN(c4ccccc4F)CC3)c3nc(-c4ccco4)nn23)CC1. The highest BCUT2D eigenvalue weighted by Crippen LogP contribution is 2.25. The third-order valence-electron chi connectivity index (χ3n) is 6.91. The Labute approximate surface area is 203 Å². The van der Waals surface area contributed by atoms with Crippen molar-refractivity contribution in [1.82, 2.24) is 29.4 Å². The van der Waals surface area contributed by atoms with Gasteiger partial charge in [0.15, 0.2) is 11.4 Å². The lowest BCUT2D eigenvalue weighted by Gasteiger charge is -2.36. The Morgan fingerprint density at radius 2 is 1.69 bits per heavy atom. The van der Waals surface area contributed by atoms with Crippen LogP contribution in [0.15, 0.2) is 53.3 Å². The second-order valence-corrected chi connectivity index (χ2v) is 9.24. The van der Waals surface area contributed by atoms with Gasteiger partial charge in [-0.2, -0.15) is 4.52 Å². The lowest BCUT2D eigenvalue weighted by atomic mass is 10.2. The van der Waals surface area contributed by atoms with Gasteiger partial charge in [0.05, 0.1) is 12.0 Å². The fourth-order valence-electron chi connectivity index (χ4n) is 4.85. The number of rotatable bonds is 5. The van der Waals surface area contributed by atoms with Crippen molar-refractivity contribution in [3.63, 3.8) is 0 Å². The van der Waals surface area contributed by atoms with Gasteiger partial charge in [0.1, 0.15) is 5.82 Å². The number of para-hydroxylation sites is 1. The number of hydrogen-bond acceptors (Lipinski definition) is 8. The number of nitrogens with zero attached hydrogens (tertiary/aromatic N) is 8. The molecule has 10 heteroatoms. The van der Waals surface area contributed by atoms with Gasteiger partial charge in [-0.15, -0.1) is 5.10 Å². The van der Waals surface area contributed by atoms with E-state index < -0.39 is 0 Å². The molecule has 2 saturated heterocycles. The third-order valence-corrected chi connectivity index (χ3v) is 6.91.